The summed E-state index contributed by atoms with van der Waals surface area (Å²) in [6.07, 6.45) is 1.55. The molecule has 0 unspecified atom stereocenters. The maximum absolute atomic E-state index is 13.0. The predicted octanol–water partition coefficient (Wildman–Crippen LogP) is 2.87. The topological polar surface area (TPSA) is 51.2 Å². The van der Waals surface area contributed by atoms with Crippen LogP contribution in [0.3, 0.4) is 0 Å². The van der Waals surface area contributed by atoms with E-state index in [1.807, 2.05) is 6.92 Å². The Morgan fingerprint density at radius 2 is 2.21 bits per heavy atom. The van der Waals surface area contributed by atoms with Crippen molar-refractivity contribution in [2.75, 3.05) is 11.9 Å². The number of anilines is 1. The normalized spacial score (nSPS) is 10.0. The Morgan fingerprint density at radius 3 is 2.95 bits per heavy atom. The Balaban J connectivity index is 2.19. The van der Waals surface area contributed by atoms with E-state index in [1.54, 1.807) is 18.3 Å². The van der Waals surface area contributed by atoms with E-state index in [2.05, 4.69) is 10.3 Å². The van der Waals surface area contributed by atoms with Gasteiger partial charge in [-0.1, -0.05) is 6.07 Å². The zero-order chi connectivity index (χ0) is 13.7. The van der Waals surface area contributed by atoms with Gasteiger partial charge in [-0.25, -0.2) is 9.37 Å². The minimum absolute atomic E-state index is 0.230. The molecule has 1 aromatic carbocycles. The van der Waals surface area contributed by atoms with Gasteiger partial charge in [0.05, 0.1) is 6.61 Å². The molecule has 4 nitrogen and oxygen atoms in total. The zero-order valence-electron chi connectivity index (χ0n) is 10.4. The van der Waals surface area contributed by atoms with Crippen LogP contribution in [0.25, 0.3) is 0 Å². The Hall–Kier alpha value is -2.43. The fraction of sp³-hybridized carbons (Fsp3) is 0.143. The summed E-state index contributed by atoms with van der Waals surface area (Å²) in [5, 5.41) is 2.60. The molecule has 0 aliphatic rings. The summed E-state index contributed by atoms with van der Waals surface area (Å²) in [6, 6.07) is 8.87. The lowest BCUT2D eigenvalue weighted by molar-refractivity contribution is 0.102. The minimum atomic E-state index is -0.460. The number of nitrogens with zero attached hydrogens (tertiary/aromatic N) is 1. The van der Waals surface area contributed by atoms with Crippen LogP contribution >= 0.6 is 0 Å². The molecule has 0 saturated heterocycles. The average Bonchev–Trinajstić information content (AvgIpc) is 2.41. The van der Waals surface area contributed by atoms with Crippen LogP contribution in [0, 0.1) is 5.82 Å². The fourth-order valence-corrected chi connectivity index (χ4v) is 1.57. The van der Waals surface area contributed by atoms with Crippen LogP contribution in [0.2, 0.25) is 0 Å². The van der Waals surface area contributed by atoms with Crippen LogP contribution in [0.4, 0.5) is 10.2 Å². The molecular weight excluding hydrogens is 247 g/mol. The fourth-order valence-electron chi connectivity index (χ4n) is 1.57. The summed E-state index contributed by atoms with van der Waals surface area (Å²) >= 11 is 0. The molecule has 2 aromatic rings. The van der Waals surface area contributed by atoms with E-state index in [9.17, 15) is 9.18 Å². The van der Waals surface area contributed by atoms with E-state index < -0.39 is 11.7 Å². The molecule has 2 rings (SSSR count). The molecule has 1 amide bonds. The minimum Gasteiger partial charge on any atom is -0.490 e. The molecule has 0 saturated carbocycles. The molecule has 0 aliphatic carbocycles. The zero-order valence-corrected chi connectivity index (χ0v) is 10.4. The van der Waals surface area contributed by atoms with Crippen molar-refractivity contribution in [3.63, 3.8) is 0 Å². The van der Waals surface area contributed by atoms with Gasteiger partial charge in [-0.2, -0.15) is 0 Å². The largest absolute Gasteiger partial charge is 0.490 e. The van der Waals surface area contributed by atoms with Gasteiger partial charge in [0.15, 0.2) is 11.6 Å². The van der Waals surface area contributed by atoms with Crippen molar-refractivity contribution in [2.24, 2.45) is 0 Å². The number of carbonyl (C=O) groups excluding carboxylic acids is 1. The second-order valence-electron chi connectivity index (χ2n) is 3.75. The molecule has 1 N–H and O–H groups in total. The summed E-state index contributed by atoms with van der Waals surface area (Å²) in [5.74, 6) is -0.0915. The molecule has 1 heterocycles. The van der Waals surface area contributed by atoms with Crippen LogP contribution in [0.1, 0.15) is 17.3 Å². The Labute approximate surface area is 110 Å². The smallest absolute Gasteiger partial charge is 0.257 e. The lowest BCUT2D eigenvalue weighted by Gasteiger charge is -2.09. The number of hydrogen-bond donors (Lipinski definition) is 1. The predicted molar refractivity (Wildman–Crippen MR) is 69.8 cm³/mol. The quantitative estimate of drug-likeness (QED) is 0.919. The van der Waals surface area contributed by atoms with Crippen molar-refractivity contribution >= 4 is 11.7 Å². The number of halogens is 1. The van der Waals surface area contributed by atoms with Gasteiger partial charge >= 0.3 is 0 Å². The standard InChI is InChI=1S/C14H13FN2O2/c1-2-19-12-7-4-8-16-13(12)17-14(18)10-5-3-6-11(15)9-10/h3-9H,2H2,1H3,(H,16,17,18). The van der Waals surface area contributed by atoms with E-state index in [-0.39, 0.29) is 5.56 Å². The molecule has 98 valence electrons. The van der Waals surface area contributed by atoms with Crippen LogP contribution in [-0.4, -0.2) is 17.5 Å². The summed E-state index contributed by atoms with van der Waals surface area (Å²) in [6.45, 7) is 2.31. The number of amides is 1. The van der Waals surface area contributed by atoms with Gasteiger partial charge in [-0.05, 0) is 37.3 Å². The first-order valence-corrected chi connectivity index (χ1v) is 5.85. The van der Waals surface area contributed by atoms with Crippen LogP contribution < -0.4 is 10.1 Å². The first kappa shape index (κ1) is 13.0. The molecule has 0 bridgehead atoms. The molecule has 19 heavy (non-hydrogen) atoms. The van der Waals surface area contributed by atoms with E-state index in [0.29, 0.717) is 18.2 Å². The molecular formula is C14H13FN2O2. The van der Waals surface area contributed by atoms with Crippen molar-refractivity contribution < 1.29 is 13.9 Å². The number of hydrogen-bond acceptors (Lipinski definition) is 3. The van der Waals surface area contributed by atoms with E-state index in [1.165, 1.54) is 24.3 Å². The first-order valence-electron chi connectivity index (χ1n) is 5.85. The van der Waals surface area contributed by atoms with Crippen molar-refractivity contribution in [1.82, 2.24) is 4.98 Å². The highest BCUT2D eigenvalue weighted by Crippen LogP contribution is 2.21. The van der Waals surface area contributed by atoms with Crippen molar-refractivity contribution in [3.05, 3.63) is 54.0 Å². The number of nitrogens with one attached hydrogen (secondary N) is 1. The highest BCUT2D eigenvalue weighted by Gasteiger charge is 2.11. The second-order valence-corrected chi connectivity index (χ2v) is 3.75. The maximum atomic E-state index is 13.0. The molecule has 0 aliphatic heterocycles. The lowest BCUT2D eigenvalue weighted by Crippen LogP contribution is -2.14. The lowest BCUT2D eigenvalue weighted by atomic mass is 10.2. The third kappa shape index (κ3) is 3.28. The number of benzene rings is 1. The summed E-state index contributed by atoms with van der Waals surface area (Å²) < 4.78 is 18.4. The van der Waals surface area contributed by atoms with Crippen molar-refractivity contribution in [2.45, 2.75) is 6.92 Å². The monoisotopic (exact) mass is 260 g/mol. The van der Waals surface area contributed by atoms with Crippen molar-refractivity contribution in [3.8, 4) is 5.75 Å². The molecule has 5 heteroatoms. The van der Waals surface area contributed by atoms with Gasteiger partial charge in [-0.3, -0.25) is 4.79 Å². The molecule has 0 fully saturated rings. The molecule has 1 aromatic heterocycles. The van der Waals surface area contributed by atoms with Gasteiger partial charge in [0.2, 0.25) is 0 Å². The van der Waals surface area contributed by atoms with Crippen LogP contribution in [-0.2, 0) is 0 Å². The Morgan fingerprint density at radius 1 is 1.37 bits per heavy atom. The highest BCUT2D eigenvalue weighted by molar-refractivity contribution is 6.04. The number of ether oxygens (including phenoxy) is 1. The molecule has 0 spiro atoms. The highest BCUT2D eigenvalue weighted by atomic mass is 19.1. The van der Waals surface area contributed by atoms with Gasteiger partial charge in [0, 0.05) is 11.8 Å². The second kappa shape index (κ2) is 5.95. The number of pyridine rings is 1. The number of rotatable bonds is 4. The maximum Gasteiger partial charge on any atom is 0.257 e. The van der Waals surface area contributed by atoms with E-state index in [4.69, 9.17) is 4.74 Å². The average molecular weight is 260 g/mol. The third-order valence-electron chi connectivity index (χ3n) is 2.39. The van der Waals surface area contributed by atoms with Gasteiger partial charge < -0.3 is 10.1 Å². The Kier molecular flexibility index (Phi) is 4.07. The van der Waals surface area contributed by atoms with Gasteiger partial charge in [0.1, 0.15) is 5.82 Å². The number of aromatic nitrogens is 1. The number of carbonyl (C=O) groups is 1. The first-order chi connectivity index (χ1) is 9.20. The van der Waals surface area contributed by atoms with Gasteiger partial charge in [0.25, 0.3) is 5.91 Å². The van der Waals surface area contributed by atoms with E-state index >= 15 is 0 Å². The van der Waals surface area contributed by atoms with Crippen LogP contribution in [0.15, 0.2) is 42.6 Å². The van der Waals surface area contributed by atoms with Crippen LogP contribution in [0.5, 0.6) is 5.75 Å². The summed E-state index contributed by atoms with van der Waals surface area (Å²) in [7, 11) is 0. The molecule has 0 radical (unpaired) electrons. The molecule has 0 atom stereocenters. The SMILES string of the molecule is CCOc1cccnc1NC(=O)c1cccc(F)c1. The summed E-state index contributed by atoms with van der Waals surface area (Å²) in [4.78, 5) is 16.0. The third-order valence-corrected chi connectivity index (χ3v) is 2.39. The van der Waals surface area contributed by atoms with Gasteiger partial charge in [-0.15, -0.1) is 0 Å². The van der Waals surface area contributed by atoms with Crippen molar-refractivity contribution in [1.29, 1.82) is 0 Å². The van der Waals surface area contributed by atoms with E-state index in [0.717, 1.165) is 0 Å². The Bertz CT molecular complexity index is 587. The summed E-state index contributed by atoms with van der Waals surface area (Å²) in [5.41, 5.74) is 0.230.